The maximum absolute atomic E-state index is 13.2. The third kappa shape index (κ3) is 1.99. The molecule has 0 saturated heterocycles. The van der Waals surface area contributed by atoms with Crippen molar-refractivity contribution in [2.24, 2.45) is 0 Å². The number of fused-ring (bicyclic) bond motifs is 1. The molecule has 0 aliphatic heterocycles. The van der Waals surface area contributed by atoms with Crippen LogP contribution in [0.2, 0.25) is 0 Å². The average molecular weight is 271 g/mol. The van der Waals surface area contributed by atoms with Crippen LogP contribution in [-0.4, -0.2) is 26.3 Å². The first-order valence-corrected chi connectivity index (χ1v) is 6.40. The second-order valence-electron chi connectivity index (χ2n) is 4.48. The van der Waals surface area contributed by atoms with Crippen molar-refractivity contribution in [1.82, 2.24) is 19.7 Å². The Hall–Kier alpha value is -2.50. The van der Waals surface area contributed by atoms with Gasteiger partial charge in [0.1, 0.15) is 18.0 Å². The lowest BCUT2D eigenvalue weighted by atomic mass is 10.2. The van der Waals surface area contributed by atoms with Gasteiger partial charge in [-0.2, -0.15) is 5.10 Å². The molecule has 0 bridgehead atoms. The minimum Gasteiger partial charge on any atom is -0.370 e. The van der Waals surface area contributed by atoms with E-state index in [-0.39, 0.29) is 5.82 Å². The first-order valence-electron chi connectivity index (χ1n) is 6.40. The standard InChI is InChI=1S/C14H14FN5/c1-3-16-13-11-7-19-20(14(11)18-8-17-13)12-5-4-10(15)6-9(12)2/h4-8H,3H2,1-2H3,(H,16,17,18). The van der Waals surface area contributed by atoms with E-state index in [0.29, 0.717) is 5.65 Å². The van der Waals surface area contributed by atoms with Gasteiger partial charge < -0.3 is 5.32 Å². The number of aromatic nitrogens is 4. The predicted molar refractivity (Wildman–Crippen MR) is 75.5 cm³/mol. The predicted octanol–water partition coefficient (Wildman–Crippen LogP) is 2.69. The summed E-state index contributed by atoms with van der Waals surface area (Å²) in [5.74, 6) is 0.495. The summed E-state index contributed by atoms with van der Waals surface area (Å²) in [6.45, 7) is 4.62. The Balaban J connectivity index is 2.20. The second-order valence-corrected chi connectivity index (χ2v) is 4.48. The van der Waals surface area contributed by atoms with Crippen molar-refractivity contribution < 1.29 is 4.39 Å². The summed E-state index contributed by atoms with van der Waals surface area (Å²) >= 11 is 0. The third-order valence-electron chi connectivity index (χ3n) is 3.10. The van der Waals surface area contributed by atoms with Crippen molar-refractivity contribution in [3.05, 3.63) is 42.1 Å². The third-order valence-corrected chi connectivity index (χ3v) is 3.10. The molecule has 2 heterocycles. The minimum absolute atomic E-state index is 0.259. The largest absolute Gasteiger partial charge is 0.370 e. The summed E-state index contributed by atoms with van der Waals surface area (Å²) < 4.78 is 14.9. The van der Waals surface area contributed by atoms with E-state index in [2.05, 4.69) is 20.4 Å². The molecule has 1 aromatic carbocycles. The smallest absolute Gasteiger partial charge is 0.168 e. The maximum atomic E-state index is 13.2. The molecular formula is C14H14FN5. The lowest BCUT2D eigenvalue weighted by Crippen LogP contribution is -2.03. The zero-order valence-electron chi connectivity index (χ0n) is 11.3. The minimum atomic E-state index is -0.259. The van der Waals surface area contributed by atoms with E-state index in [4.69, 9.17) is 0 Å². The van der Waals surface area contributed by atoms with E-state index in [1.54, 1.807) is 16.9 Å². The highest BCUT2D eigenvalue weighted by molar-refractivity contribution is 5.87. The molecule has 0 amide bonds. The molecule has 0 aliphatic carbocycles. The molecule has 0 radical (unpaired) electrons. The van der Waals surface area contributed by atoms with Crippen LogP contribution in [0, 0.1) is 12.7 Å². The number of halogens is 1. The Kier molecular flexibility index (Phi) is 3.06. The second kappa shape index (κ2) is 4.88. The van der Waals surface area contributed by atoms with Gasteiger partial charge in [-0.3, -0.25) is 0 Å². The molecule has 0 saturated carbocycles. The molecule has 102 valence electrons. The van der Waals surface area contributed by atoms with Gasteiger partial charge in [0, 0.05) is 6.54 Å². The number of rotatable bonds is 3. The van der Waals surface area contributed by atoms with Gasteiger partial charge in [-0.25, -0.2) is 19.0 Å². The van der Waals surface area contributed by atoms with Crippen LogP contribution in [-0.2, 0) is 0 Å². The number of nitrogens with zero attached hydrogens (tertiary/aromatic N) is 4. The van der Waals surface area contributed by atoms with E-state index < -0.39 is 0 Å². The van der Waals surface area contributed by atoms with Crippen molar-refractivity contribution in [2.75, 3.05) is 11.9 Å². The lowest BCUT2D eigenvalue weighted by molar-refractivity contribution is 0.625. The molecule has 20 heavy (non-hydrogen) atoms. The molecular weight excluding hydrogens is 257 g/mol. The van der Waals surface area contributed by atoms with Gasteiger partial charge in [0.15, 0.2) is 5.65 Å². The summed E-state index contributed by atoms with van der Waals surface area (Å²) in [6.07, 6.45) is 3.22. The first kappa shape index (κ1) is 12.5. The van der Waals surface area contributed by atoms with E-state index in [1.165, 1.54) is 18.5 Å². The highest BCUT2D eigenvalue weighted by Gasteiger charge is 2.12. The quantitative estimate of drug-likeness (QED) is 0.795. The van der Waals surface area contributed by atoms with Crippen LogP contribution in [0.3, 0.4) is 0 Å². The number of hydrogen-bond donors (Lipinski definition) is 1. The molecule has 5 nitrogen and oxygen atoms in total. The molecule has 3 aromatic rings. The zero-order chi connectivity index (χ0) is 14.1. The average Bonchev–Trinajstić information content (AvgIpc) is 2.84. The van der Waals surface area contributed by atoms with Crippen LogP contribution >= 0.6 is 0 Å². The molecule has 1 N–H and O–H groups in total. The Morgan fingerprint density at radius 1 is 1.30 bits per heavy atom. The zero-order valence-corrected chi connectivity index (χ0v) is 11.3. The molecule has 0 unspecified atom stereocenters. The summed E-state index contributed by atoms with van der Waals surface area (Å²) in [7, 11) is 0. The molecule has 0 atom stereocenters. The van der Waals surface area contributed by atoms with Crippen LogP contribution in [0.15, 0.2) is 30.7 Å². The molecule has 0 spiro atoms. The Labute approximate surface area is 115 Å². The highest BCUT2D eigenvalue weighted by Crippen LogP contribution is 2.23. The van der Waals surface area contributed by atoms with Crippen LogP contribution in [0.4, 0.5) is 10.2 Å². The van der Waals surface area contributed by atoms with Gasteiger partial charge in [0.2, 0.25) is 0 Å². The van der Waals surface area contributed by atoms with Crippen LogP contribution < -0.4 is 5.32 Å². The highest BCUT2D eigenvalue weighted by atomic mass is 19.1. The molecule has 0 fully saturated rings. The fourth-order valence-corrected chi connectivity index (χ4v) is 2.19. The van der Waals surface area contributed by atoms with Gasteiger partial charge in [0.25, 0.3) is 0 Å². The summed E-state index contributed by atoms with van der Waals surface area (Å²) in [5.41, 5.74) is 2.31. The lowest BCUT2D eigenvalue weighted by Gasteiger charge is -2.07. The number of aryl methyl sites for hydroxylation is 1. The van der Waals surface area contributed by atoms with Gasteiger partial charge in [0.05, 0.1) is 17.3 Å². The van der Waals surface area contributed by atoms with Crippen molar-refractivity contribution in [2.45, 2.75) is 13.8 Å². The van der Waals surface area contributed by atoms with Gasteiger partial charge >= 0.3 is 0 Å². The number of nitrogens with one attached hydrogen (secondary N) is 1. The Bertz CT molecular complexity index is 765. The monoisotopic (exact) mass is 271 g/mol. The van der Waals surface area contributed by atoms with Crippen molar-refractivity contribution in [3.8, 4) is 5.69 Å². The molecule has 0 aliphatic rings. The molecule has 3 rings (SSSR count). The number of hydrogen-bond acceptors (Lipinski definition) is 4. The van der Waals surface area contributed by atoms with Crippen molar-refractivity contribution in [3.63, 3.8) is 0 Å². The van der Waals surface area contributed by atoms with Gasteiger partial charge in [-0.05, 0) is 37.6 Å². The van der Waals surface area contributed by atoms with E-state index in [9.17, 15) is 4.39 Å². The first-order chi connectivity index (χ1) is 9.70. The van der Waals surface area contributed by atoms with E-state index >= 15 is 0 Å². The summed E-state index contributed by atoms with van der Waals surface area (Å²) in [6, 6.07) is 4.60. The van der Waals surface area contributed by atoms with Crippen LogP contribution in [0.5, 0.6) is 0 Å². The fraction of sp³-hybridized carbons (Fsp3) is 0.214. The Morgan fingerprint density at radius 3 is 2.90 bits per heavy atom. The van der Waals surface area contributed by atoms with Crippen molar-refractivity contribution >= 4 is 16.9 Å². The van der Waals surface area contributed by atoms with Crippen LogP contribution in [0.25, 0.3) is 16.7 Å². The number of benzene rings is 1. The fourth-order valence-electron chi connectivity index (χ4n) is 2.19. The molecule has 6 heteroatoms. The molecule has 2 aromatic heterocycles. The normalized spacial score (nSPS) is 10.9. The number of anilines is 1. The van der Waals surface area contributed by atoms with Crippen molar-refractivity contribution in [1.29, 1.82) is 0 Å². The van der Waals surface area contributed by atoms with Gasteiger partial charge in [-0.15, -0.1) is 0 Å². The van der Waals surface area contributed by atoms with E-state index in [0.717, 1.165) is 29.0 Å². The summed E-state index contributed by atoms with van der Waals surface area (Å²) in [5, 5.41) is 8.37. The van der Waals surface area contributed by atoms with Crippen LogP contribution in [0.1, 0.15) is 12.5 Å². The van der Waals surface area contributed by atoms with Gasteiger partial charge in [-0.1, -0.05) is 0 Å². The van der Waals surface area contributed by atoms with E-state index in [1.807, 2.05) is 13.8 Å². The summed E-state index contributed by atoms with van der Waals surface area (Å²) in [4.78, 5) is 8.48. The topological polar surface area (TPSA) is 55.6 Å². The maximum Gasteiger partial charge on any atom is 0.168 e. The SMILES string of the molecule is CCNc1ncnc2c1cnn2-c1ccc(F)cc1C. The Morgan fingerprint density at radius 2 is 2.15 bits per heavy atom.